The second kappa shape index (κ2) is 7.51. The summed E-state index contributed by atoms with van der Waals surface area (Å²) in [5, 5.41) is 5.93. The molecular formula is C17H22ClNO. The van der Waals surface area contributed by atoms with E-state index in [-0.39, 0.29) is 12.4 Å². The molecule has 1 N–H and O–H groups in total. The van der Waals surface area contributed by atoms with Gasteiger partial charge in [0.1, 0.15) is 5.75 Å². The molecule has 0 spiro atoms. The van der Waals surface area contributed by atoms with E-state index in [1.54, 1.807) is 0 Å². The summed E-state index contributed by atoms with van der Waals surface area (Å²) in [5.74, 6) is 1.83. The summed E-state index contributed by atoms with van der Waals surface area (Å²) in [5.41, 5.74) is 0. The number of nitrogens with one attached hydrogen (secondary N) is 1. The molecule has 20 heavy (non-hydrogen) atoms. The number of hydrogen-bond acceptors (Lipinski definition) is 2. The summed E-state index contributed by atoms with van der Waals surface area (Å²) in [4.78, 5) is 0. The van der Waals surface area contributed by atoms with Crippen molar-refractivity contribution in [3.05, 3.63) is 42.5 Å². The Kier molecular flexibility index (Phi) is 5.69. The number of halogens is 1. The Morgan fingerprint density at radius 3 is 2.55 bits per heavy atom. The maximum absolute atomic E-state index is 5.90. The van der Waals surface area contributed by atoms with Crippen LogP contribution in [0.3, 0.4) is 0 Å². The molecule has 0 atom stereocenters. The zero-order valence-electron chi connectivity index (χ0n) is 11.7. The highest BCUT2D eigenvalue weighted by molar-refractivity contribution is 5.85. The van der Waals surface area contributed by atoms with Crippen LogP contribution in [0.4, 0.5) is 0 Å². The molecule has 0 amide bonds. The Morgan fingerprint density at radius 1 is 1.00 bits per heavy atom. The van der Waals surface area contributed by atoms with E-state index in [4.69, 9.17) is 4.74 Å². The quantitative estimate of drug-likeness (QED) is 0.918. The summed E-state index contributed by atoms with van der Waals surface area (Å²) in [6.07, 6.45) is 3.76. The first-order valence-electron chi connectivity index (χ1n) is 7.24. The summed E-state index contributed by atoms with van der Waals surface area (Å²) in [6, 6.07) is 14.8. The van der Waals surface area contributed by atoms with Crippen LogP contribution in [-0.4, -0.2) is 19.7 Å². The van der Waals surface area contributed by atoms with Gasteiger partial charge in [0.05, 0.1) is 6.61 Å². The van der Waals surface area contributed by atoms with Gasteiger partial charge in [-0.2, -0.15) is 0 Å². The van der Waals surface area contributed by atoms with Crippen LogP contribution in [0.25, 0.3) is 10.8 Å². The molecule has 1 aliphatic heterocycles. The summed E-state index contributed by atoms with van der Waals surface area (Å²) in [6.45, 7) is 3.17. The Balaban J connectivity index is 0.00000147. The molecule has 108 valence electrons. The Bertz CT molecular complexity index is 537. The molecule has 1 fully saturated rings. The third-order valence-corrected chi connectivity index (χ3v) is 3.97. The smallest absolute Gasteiger partial charge is 0.119 e. The number of benzene rings is 2. The third-order valence-electron chi connectivity index (χ3n) is 3.97. The SMILES string of the molecule is Cl.c1ccc2cc(OCCC3CCNCC3)ccc2c1. The summed E-state index contributed by atoms with van der Waals surface area (Å²) in [7, 11) is 0. The van der Waals surface area contributed by atoms with Crippen molar-refractivity contribution in [2.24, 2.45) is 5.92 Å². The molecular weight excluding hydrogens is 270 g/mol. The lowest BCUT2D eigenvalue weighted by molar-refractivity contribution is 0.252. The normalized spacial score (nSPS) is 15.8. The molecule has 2 aromatic carbocycles. The van der Waals surface area contributed by atoms with Gasteiger partial charge in [0, 0.05) is 0 Å². The first kappa shape index (κ1) is 15.1. The fourth-order valence-electron chi connectivity index (χ4n) is 2.77. The van der Waals surface area contributed by atoms with Gasteiger partial charge in [0.15, 0.2) is 0 Å². The zero-order valence-corrected chi connectivity index (χ0v) is 12.5. The molecule has 2 aromatic rings. The Labute approximate surface area is 126 Å². The van der Waals surface area contributed by atoms with E-state index in [0.29, 0.717) is 0 Å². The second-order valence-corrected chi connectivity index (χ2v) is 5.34. The van der Waals surface area contributed by atoms with Gasteiger partial charge in [-0.05, 0) is 61.2 Å². The second-order valence-electron chi connectivity index (χ2n) is 5.34. The highest BCUT2D eigenvalue weighted by atomic mass is 35.5. The number of piperidine rings is 1. The van der Waals surface area contributed by atoms with Gasteiger partial charge < -0.3 is 10.1 Å². The zero-order chi connectivity index (χ0) is 12.9. The monoisotopic (exact) mass is 291 g/mol. The van der Waals surface area contributed by atoms with E-state index in [1.165, 1.54) is 43.1 Å². The molecule has 0 aromatic heterocycles. The van der Waals surface area contributed by atoms with Crippen LogP contribution < -0.4 is 10.1 Å². The molecule has 0 unspecified atom stereocenters. The number of ether oxygens (including phenoxy) is 1. The number of rotatable bonds is 4. The van der Waals surface area contributed by atoms with E-state index in [0.717, 1.165) is 18.3 Å². The molecule has 1 saturated heterocycles. The summed E-state index contributed by atoms with van der Waals surface area (Å²) >= 11 is 0. The molecule has 0 radical (unpaired) electrons. The van der Waals surface area contributed by atoms with Crippen LogP contribution in [-0.2, 0) is 0 Å². The molecule has 1 aliphatic rings. The van der Waals surface area contributed by atoms with E-state index < -0.39 is 0 Å². The number of fused-ring (bicyclic) bond motifs is 1. The first-order valence-corrected chi connectivity index (χ1v) is 7.24. The van der Waals surface area contributed by atoms with Gasteiger partial charge in [-0.3, -0.25) is 0 Å². The van der Waals surface area contributed by atoms with Gasteiger partial charge >= 0.3 is 0 Å². The highest BCUT2D eigenvalue weighted by Gasteiger charge is 2.12. The Hall–Kier alpha value is -1.25. The van der Waals surface area contributed by atoms with Crippen molar-refractivity contribution in [3.63, 3.8) is 0 Å². The van der Waals surface area contributed by atoms with Crippen molar-refractivity contribution < 1.29 is 4.74 Å². The summed E-state index contributed by atoms with van der Waals surface area (Å²) < 4.78 is 5.90. The molecule has 1 heterocycles. The predicted octanol–water partition coefficient (Wildman–Crippen LogP) is 4.03. The van der Waals surface area contributed by atoms with Crippen molar-refractivity contribution in [3.8, 4) is 5.75 Å². The Morgan fingerprint density at radius 2 is 1.75 bits per heavy atom. The standard InChI is InChI=1S/C17H21NO.ClH/c1-2-4-16-13-17(6-5-15(16)3-1)19-12-9-14-7-10-18-11-8-14;/h1-6,13-14,18H,7-12H2;1H. The number of hydrogen-bond donors (Lipinski definition) is 1. The minimum absolute atomic E-state index is 0. The van der Waals surface area contributed by atoms with Crippen LogP contribution in [0.5, 0.6) is 5.75 Å². The minimum Gasteiger partial charge on any atom is -0.494 e. The minimum atomic E-state index is 0. The third kappa shape index (κ3) is 3.87. The van der Waals surface area contributed by atoms with Crippen LogP contribution >= 0.6 is 12.4 Å². The van der Waals surface area contributed by atoms with Crippen LogP contribution in [0.2, 0.25) is 0 Å². The lowest BCUT2D eigenvalue weighted by atomic mass is 9.95. The van der Waals surface area contributed by atoms with Crippen molar-refractivity contribution in [1.29, 1.82) is 0 Å². The topological polar surface area (TPSA) is 21.3 Å². The maximum Gasteiger partial charge on any atom is 0.119 e. The van der Waals surface area contributed by atoms with Crippen molar-refractivity contribution >= 4 is 23.2 Å². The van der Waals surface area contributed by atoms with Gasteiger partial charge in [-0.15, -0.1) is 12.4 Å². The van der Waals surface area contributed by atoms with Crippen molar-refractivity contribution in [2.75, 3.05) is 19.7 Å². The largest absolute Gasteiger partial charge is 0.494 e. The molecule has 0 bridgehead atoms. The molecule has 0 aliphatic carbocycles. The fourth-order valence-corrected chi connectivity index (χ4v) is 2.77. The van der Waals surface area contributed by atoms with E-state index >= 15 is 0 Å². The molecule has 0 saturated carbocycles. The van der Waals surface area contributed by atoms with E-state index in [9.17, 15) is 0 Å². The fraction of sp³-hybridized carbons (Fsp3) is 0.412. The van der Waals surface area contributed by atoms with Gasteiger partial charge in [0.2, 0.25) is 0 Å². The van der Waals surface area contributed by atoms with Crippen LogP contribution in [0.1, 0.15) is 19.3 Å². The van der Waals surface area contributed by atoms with E-state index in [2.05, 4.69) is 47.8 Å². The van der Waals surface area contributed by atoms with Gasteiger partial charge in [0.25, 0.3) is 0 Å². The highest BCUT2D eigenvalue weighted by Crippen LogP contribution is 2.22. The maximum atomic E-state index is 5.90. The van der Waals surface area contributed by atoms with Crippen molar-refractivity contribution in [2.45, 2.75) is 19.3 Å². The van der Waals surface area contributed by atoms with Crippen LogP contribution in [0.15, 0.2) is 42.5 Å². The average molecular weight is 292 g/mol. The van der Waals surface area contributed by atoms with Crippen molar-refractivity contribution in [1.82, 2.24) is 5.32 Å². The average Bonchev–Trinajstić information content (AvgIpc) is 2.48. The van der Waals surface area contributed by atoms with Gasteiger partial charge in [-0.1, -0.05) is 30.3 Å². The lowest BCUT2D eigenvalue weighted by Gasteiger charge is -2.22. The molecule has 3 heteroatoms. The molecule has 2 nitrogen and oxygen atoms in total. The lowest BCUT2D eigenvalue weighted by Crippen LogP contribution is -2.28. The molecule has 3 rings (SSSR count). The van der Waals surface area contributed by atoms with Gasteiger partial charge in [-0.25, -0.2) is 0 Å². The van der Waals surface area contributed by atoms with Crippen LogP contribution in [0, 0.1) is 5.92 Å². The first-order chi connectivity index (χ1) is 9.42. The predicted molar refractivity (Wildman–Crippen MR) is 86.9 cm³/mol. The van der Waals surface area contributed by atoms with E-state index in [1.807, 2.05) is 0 Å².